The van der Waals surface area contributed by atoms with E-state index in [9.17, 15) is 4.79 Å². The molecule has 1 aromatic heterocycles. The van der Waals surface area contributed by atoms with Gasteiger partial charge >= 0.3 is 0 Å². The van der Waals surface area contributed by atoms with Crippen LogP contribution >= 0.6 is 0 Å². The van der Waals surface area contributed by atoms with E-state index in [0.29, 0.717) is 12.2 Å². The summed E-state index contributed by atoms with van der Waals surface area (Å²) in [7, 11) is 1.91. The fraction of sp³-hybridized carbons (Fsp3) is 0.214. The number of hydrogen-bond donors (Lipinski definition) is 1. The van der Waals surface area contributed by atoms with Crippen LogP contribution < -0.4 is 5.32 Å². The van der Waals surface area contributed by atoms with Crippen LogP contribution in [0.2, 0.25) is 0 Å². The summed E-state index contributed by atoms with van der Waals surface area (Å²) in [5.74, 6) is -0.0667. The molecule has 0 saturated carbocycles. The smallest absolute Gasteiger partial charge is 0.268 e. The second-order valence-electron chi connectivity index (χ2n) is 4.10. The van der Waals surface area contributed by atoms with Crippen LogP contribution in [0, 0.1) is 6.92 Å². The second-order valence-corrected chi connectivity index (χ2v) is 4.10. The Bertz CT molecular complexity index is 581. The van der Waals surface area contributed by atoms with Crippen molar-refractivity contribution in [3.8, 4) is 0 Å². The van der Waals surface area contributed by atoms with Crippen molar-refractivity contribution in [1.29, 1.82) is 0 Å². The van der Waals surface area contributed by atoms with Gasteiger partial charge in [0.25, 0.3) is 5.91 Å². The number of carbonyl (C=O) groups excluding carboxylic acids is 1. The number of para-hydroxylation sites is 1. The first-order chi connectivity index (χ1) is 8.15. The zero-order chi connectivity index (χ0) is 12.4. The average molecular weight is 228 g/mol. The van der Waals surface area contributed by atoms with Crippen LogP contribution in [0.5, 0.6) is 0 Å². The molecule has 3 heteroatoms. The predicted octanol–water partition coefficient (Wildman–Crippen LogP) is 2.40. The summed E-state index contributed by atoms with van der Waals surface area (Å²) in [6.45, 7) is 6.12. The average Bonchev–Trinajstić information content (AvgIpc) is 2.65. The van der Waals surface area contributed by atoms with Crippen molar-refractivity contribution in [2.75, 3.05) is 6.54 Å². The molecule has 1 heterocycles. The van der Waals surface area contributed by atoms with Crippen LogP contribution in [0.25, 0.3) is 10.9 Å². The third-order valence-electron chi connectivity index (χ3n) is 2.90. The first-order valence-corrected chi connectivity index (χ1v) is 5.59. The lowest BCUT2D eigenvalue weighted by atomic mass is 10.2. The minimum absolute atomic E-state index is 0.0667. The number of fused-ring (bicyclic) bond motifs is 1. The van der Waals surface area contributed by atoms with Crippen molar-refractivity contribution >= 4 is 16.8 Å². The van der Waals surface area contributed by atoms with Crippen molar-refractivity contribution in [2.45, 2.75) is 6.92 Å². The summed E-state index contributed by atoms with van der Waals surface area (Å²) in [6.07, 6.45) is 1.67. The molecular weight excluding hydrogens is 212 g/mol. The number of aryl methyl sites for hydroxylation is 2. The normalized spacial score (nSPS) is 10.5. The van der Waals surface area contributed by atoms with E-state index in [1.165, 1.54) is 5.56 Å². The fourth-order valence-electron chi connectivity index (χ4n) is 2.09. The Hall–Kier alpha value is -2.03. The Morgan fingerprint density at radius 3 is 2.94 bits per heavy atom. The van der Waals surface area contributed by atoms with Crippen molar-refractivity contribution in [3.63, 3.8) is 0 Å². The van der Waals surface area contributed by atoms with Crippen LogP contribution in [0.1, 0.15) is 16.1 Å². The van der Waals surface area contributed by atoms with Crippen molar-refractivity contribution in [1.82, 2.24) is 9.88 Å². The van der Waals surface area contributed by atoms with Gasteiger partial charge in [0.15, 0.2) is 0 Å². The van der Waals surface area contributed by atoms with Gasteiger partial charge in [0, 0.05) is 19.0 Å². The molecule has 2 rings (SSSR count). The molecule has 0 spiro atoms. The van der Waals surface area contributed by atoms with E-state index in [2.05, 4.69) is 11.9 Å². The monoisotopic (exact) mass is 228 g/mol. The maximum atomic E-state index is 11.9. The highest BCUT2D eigenvalue weighted by Gasteiger charge is 2.13. The number of carbonyl (C=O) groups is 1. The van der Waals surface area contributed by atoms with Gasteiger partial charge in [-0.1, -0.05) is 24.3 Å². The lowest BCUT2D eigenvalue weighted by Gasteiger charge is -2.05. The van der Waals surface area contributed by atoms with Crippen LogP contribution in [-0.2, 0) is 7.05 Å². The summed E-state index contributed by atoms with van der Waals surface area (Å²) in [6, 6.07) is 7.99. The maximum Gasteiger partial charge on any atom is 0.268 e. The van der Waals surface area contributed by atoms with Crippen molar-refractivity contribution in [2.24, 2.45) is 7.05 Å². The van der Waals surface area contributed by atoms with Crippen molar-refractivity contribution < 1.29 is 4.79 Å². The lowest BCUT2D eigenvalue weighted by molar-refractivity contribution is 0.0950. The van der Waals surface area contributed by atoms with Crippen LogP contribution in [0.3, 0.4) is 0 Å². The summed E-state index contributed by atoms with van der Waals surface area (Å²) >= 11 is 0. The van der Waals surface area contributed by atoms with Crippen LogP contribution in [0.4, 0.5) is 0 Å². The SMILES string of the molecule is C=CCNC(=O)c1cc2cccc(C)c2n1C. The van der Waals surface area contributed by atoms with Gasteiger partial charge in [-0.15, -0.1) is 6.58 Å². The molecule has 3 nitrogen and oxygen atoms in total. The molecule has 88 valence electrons. The van der Waals surface area contributed by atoms with Gasteiger partial charge in [0.1, 0.15) is 5.69 Å². The van der Waals surface area contributed by atoms with Crippen LogP contribution in [-0.4, -0.2) is 17.0 Å². The third-order valence-corrected chi connectivity index (χ3v) is 2.90. The molecule has 0 aliphatic rings. The Labute approximate surface area is 101 Å². The summed E-state index contributed by atoms with van der Waals surface area (Å²) in [5.41, 5.74) is 2.96. The highest BCUT2D eigenvalue weighted by molar-refractivity contribution is 5.99. The Balaban J connectivity index is 2.49. The largest absolute Gasteiger partial charge is 0.347 e. The molecule has 0 aliphatic heterocycles. The number of nitrogens with one attached hydrogen (secondary N) is 1. The summed E-state index contributed by atoms with van der Waals surface area (Å²) in [4.78, 5) is 11.9. The van der Waals surface area contributed by atoms with Gasteiger partial charge in [0.2, 0.25) is 0 Å². The van der Waals surface area contributed by atoms with Gasteiger partial charge in [-0.05, 0) is 18.6 Å². The molecule has 0 unspecified atom stereocenters. The topological polar surface area (TPSA) is 34.0 Å². The number of nitrogens with zero attached hydrogens (tertiary/aromatic N) is 1. The standard InChI is InChI=1S/C14H16N2O/c1-4-8-15-14(17)12-9-11-7-5-6-10(2)13(11)16(12)3/h4-7,9H,1,8H2,2-3H3,(H,15,17). The number of amides is 1. The minimum atomic E-state index is -0.0667. The first kappa shape index (κ1) is 11.5. The van der Waals surface area contributed by atoms with E-state index in [4.69, 9.17) is 0 Å². The molecule has 1 amide bonds. The lowest BCUT2D eigenvalue weighted by Crippen LogP contribution is -2.25. The molecule has 0 fully saturated rings. The van der Waals surface area contributed by atoms with E-state index in [-0.39, 0.29) is 5.91 Å². The zero-order valence-electron chi connectivity index (χ0n) is 10.2. The van der Waals surface area contributed by atoms with E-state index < -0.39 is 0 Å². The molecule has 0 atom stereocenters. The molecule has 0 aliphatic carbocycles. The second kappa shape index (κ2) is 4.45. The fourth-order valence-corrected chi connectivity index (χ4v) is 2.09. The van der Waals surface area contributed by atoms with Crippen molar-refractivity contribution in [3.05, 3.63) is 48.2 Å². The number of hydrogen-bond acceptors (Lipinski definition) is 1. The Morgan fingerprint density at radius 1 is 1.53 bits per heavy atom. The van der Waals surface area contributed by atoms with Gasteiger partial charge in [-0.25, -0.2) is 0 Å². The quantitative estimate of drug-likeness (QED) is 0.804. The molecule has 1 aromatic carbocycles. The number of aromatic nitrogens is 1. The van der Waals surface area contributed by atoms with Gasteiger partial charge in [-0.3, -0.25) is 4.79 Å². The maximum absolute atomic E-state index is 11.9. The summed E-state index contributed by atoms with van der Waals surface area (Å²) < 4.78 is 1.93. The molecule has 0 radical (unpaired) electrons. The Morgan fingerprint density at radius 2 is 2.29 bits per heavy atom. The first-order valence-electron chi connectivity index (χ1n) is 5.59. The van der Waals surface area contributed by atoms with Crippen LogP contribution in [0.15, 0.2) is 36.9 Å². The molecule has 17 heavy (non-hydrogen) atoms. The molecule has 1 N–H and O–H groups in total. The zero-order valence-corrected chi connectivity index (χ0v) is 10.2. The van der Waals surface area contributed by atoms with Gasteiger partial charge in [-0.2, -0.15) is 0 Å². The Kier molecular flexibility index (Phi) is 3.00. The highest BCUT2D eigenvalue weighted by atomic mass is 16.1. The van der Waals surface area contributed by atoms with Gasteiger partial charge in [0.05, 0.1) is 5.52 Å². The number of benzene rings is 1. The molecular formula is C14H16N2O. The molecule has 0 saturated heterocycles. The van der Waals surface area contributed by atoms with E-state index in [1.54, 1.807) is 6.08 Å². The molecule has 0 bridgehead atoms. The number of rotatable bonds is 3. The van der Waals surface area contributed by atoms with E-state index in [0.717, 1.165) is 10.9 Å². The third kappa shape index (κ3) is 1.96. The summed E-state index contributed by atoms with van der Waals surface area (Å²) in [5, 5.41) is 3.89. The minimum Gasteiger partial charge on any atom is -0.347 e. The predicted molar refractivity (Wildman–Crippen MR) is 70.2 cm³/mol. The molecule has 2 aromatic rings. The van der Waals surface area contributed by atoms with E-state index in [1.807, 2.05) is 42.8 Å². The highest BCUT2D eigenvalue weighted by Crippen LogP contribution is 2.21. The van der Waals surface area contributed by atoms with Gasteiger partial charge < -0.3 is 9.88 Å². The van der Waals surface area contributed by atoms with E-state index >= 15 is 0 Å².